The molecule has 3 aromatic rings. The number of rotatable bonds is 8. The first-order valence-electron chi connectivity index (χ1n) is 8.85. The molecule has 0 aliphatic rings. The van der Waals surface area contributed by atoms with Crippen LogP contribution in [-0.4, -0.2) is 26.6 Å². The largest absolute Gasteiger partial charge is 0.491 e. The molecule has 1 aromatic heterocycles. The second-order valence-electron chi connectivity index (χ2n) is 6.38. The molecule has 1 N–H and O–H groups in total. The van der Waals surface area contributed by atoms with Gasteiger partial charge in [0.05, 0.1) is 17.9 Å². The van der Waals surface area contributed by atoms with Crippen LogP contribution in [0.4, 0.5) is 13.2 Å². The number of hydrogen-bond acceptors (Lipinski definition) is 4. The van der Waals surface area contributed by atoms with Gasteiger partial charge < -0.3 is 4.74 Å². The highest BCUT2D eigenvalue weighted by molar-refractivity contribution is 7.88. The molecule has 0 aliphatic carbocycles. The number of ether oxygens (including phenoxy) is 1. The number of alkyl halides is 3. The van der Waals surface area contributed by atoms with E-state index < -0.39 is 27.5 Å². The van der Waals surface area contributed by atoms with Gasteiger partial charge in [0.1, 0.15) is 11.3 Å². The predicted octanol–water partition coefficient (Wildman–Crippen LogP) is 4.14. The Balaban J connectivity index is 1.50. The van der Waals surface area contributed by atoms with Gasteiger partial charge in [-0.1, -0.05) is 36.4 Å². The van der Waals surface area contributed by atoms with Crippen molar-refractivity contribution in [3.8, 4) is 5.75 Å². The molecule has 0 unspecified atom stereocenters. The molecule has 0 radical (unpaired) electrons. The Kier molecular flexibility index (Phi) is 6.39. The van der Waals surface area contributed by atoms with Crippen molar-refractivity contribution in [1.82, 2.24) is 9.71 Å². The van der Waals surface area contributed by atoms with Crippen LogP contribution in [0.1, 0.15) is 17.5 Å². The highest BCUT2D eigenvalue weighted by atomic mass is 32.2. The van der Waals surface area contributed by atoms with Crippen molar-refractivity contribution in [3.63, 3.8) is 0 Å². The van der Waals surface area contributed by atoms with Crippen LogP contribution in [0.5, 0.6) is 5.75 Å². The molecule has 0 fully saturated rings. The number of halogens is 3. The molecule has 5 nitrogen and oxygen atoms in total. The van der Waals surface area contributed by atoms with E-state index in [1.165, 1.54) is 12.1 Å². The molecule has 0 spiro atoms. The first-order chi connectivity index (χ1) is 13.7. The van der Waals surface area contributed by atoms with Crippen molar-refractivity contribution in [2.45, 2.75) is 18.3 Å². The zero-order valence-electron chi connectivity index (χ0n) is 15.3. The Hall–Kier alpha value is -2.65. The Labute approximate surface area is 166 Å². The fraction of sp³-hybridized carbons (Fsp3) is 0.250. The fourth-order valence-electron chi connectivity index (χ4n) is 2.78. The van der Waals surface area contributed by atoms with Crippen molar-refractivity contribution in [1.29, 1.82) is 0 Å². The van der Waals surface area contributed by atoms with Gasteiger partial charge in [-0.3, -0.25) is 4.98 Å². The number of nitrogens with zero attached hydrogens (tertiary/aromatic N) is 1. The summed E-state index contributed by atoms with van der Waals surface area (Å²) in [6, 6.07) is 13.6. The van der Waals surface area contributed by atoms with Gasteiger partial charge in [0.25, 0.3) is 0 Å². The van der Waals surface area contributed by atoms with E-state index in [-0.39, 0.29) is 18.7 Å². The normalized spacial score (nSPS) is 12.2. The lowest BCUT2D eigenvalue weighted by atomic mass is 10.1. The van der Waals surface area contributed by atoms with Crippen molar-refractivity contribution in [2.24, 2.45) is 0 Å². The lowest BCUT2D eigenvalue weighted by Crippen LogP contribution is -2.27. The highest BCUT2D eigenvalue weighted by Gasteiger charge is 2.30. The van der Waals surface area contributed by atoms with E-state index in [0.29, 0.717) is 12.2 Å². The van der Waals surface area contributed by atoms with Crippen LogP contribution in [0.25, 0.3) is 10.9 Å². The minimum absolute atomic E-state index is 0.0744. The van der Waals surface area contributed by atoms with E-state index in [1.54, 1.807) is 12.3 Å². The minimum Gasteiger partial charge on any atom is -0.491 e. The van der Waals surface area contributed by atoms with Gasteiger partial charge in [-0.2, -0.15) is 13.2 Å². The first kappa shape index (κ1) is 21.1. The standard InChI is InChI=1S/C20H19F3N2O3S/c21-20(22,23)17-8-1-5-15(13-17)14-29(26,27)25-11-4-12-28-18-9-2-6-16-7-3-10-24-19(16)18/h1-3,5-10,13,25H,4,11-12,14H2. The smallest absolute Gasteiger partial charge is 0.416 e. The fourth-order valence-corrected chi connectivity index (χ4v) is 3.96. The summed E-state index contributed by atoms with van der Waals surface area (Å²) in [6.45, 7) is 0.376. The van der Waals surface area contributed by atoms with Gasteiger partial charge in [0.2, 0.25) is 10.0 Å². The van der Waals surface area contributed by atoms with Crippen LogP contribution < -0.4 is 9.46 Å². The highest BCUT2D eigenvalue weighted by Crippen LogP contribution is 2.29. The number of aromatic nitrogens is 1. The molecular formula is C20H19F3N2O3S. The SMILES string of the molecule is O=S(=O)(Cc1cccc(C(F)(F)F)c1)NCCCOc1cccc2cccnc12. The first-order valence-corrected chi connectivity index (χ1v) is 10.5. The number of sulfonamides is 1. The summed E-state index contributed by atoms with van der Waals surface area (Å²) in [4.78, 5) is 4.27. The summed E-state index contributed by atoms with van der Waals surface area (Å²) >= 11 is 0. The molecule has 0 atom stereocenters. The third kappa shape index (κ3) is 5.91. The molecular weight excluding hydrogens is 405 g/mol. The van der Waals surface area contributed by atoms with Crippen molar-refractivity contribution < 1.29 is 26.3 Å². The molecule has 0 bridgehead atoms. The van der Waals surface area contributed by atoms with Gasteiger partial charge in [0, 0.05) is 18.1 Å². The Morgan fingerprint density at radius 2 is 1.79 bits per heavy atom. The molecule has 0 amide bonds. The minimum atomic E-state index is -4.51. The van der Waals surface area contributed by atoms with Crippen LogP contribution in [0.2, 0.25) is 0 Å². The average Bonchev–Trinajstić information content (AvgIpc) is 2.67. The predicted molar refractivity (Wildman–Crippen MR) is 104 cm³/mol. The summed E-state index contributed by atoms with van der Waals surface area (Å²) in [7, 11) is -3.76. The number of benzene rings is 2. The summed E-state index contributed by atoms with van der Waals surface area (Å²) < 4.78 is 70.5. The zero-order valence-corrected chi connectivity index (χ0v) is 16.1. The zero-order chi connectivity index (χ0) is 20.9. The molecule has 0 aliphatic heterocycles. The number of para-hydroxylation sites is 1. The molecule has 29 heavy (non-hydrogen) atoms. The van der Waals surface area contributed by atoms with Crippen LogP contribution in [0, 0.1) is 0 Å². The average molecular weight is 424 g/mol. The lowest BCUT2D eigenvalue weighted by Gasteiger charge is -2.11. The van der Waals surface area contributed by atoms with Crippen molar-refractivity contribution in [3.05, 3.63) is 71.9 Å². The van der Waals surface area contributed by atoms with Gasteiger partial charge >= 0.3 is 6.18 Å². The lowest BCUT2D eigenvalue weighted by molar-refractivity contribution is -0.137. The van der Waals surface area contributed by atoms with Crippen LogP contribution in [0.3, 0.4) is 0 Å². The molecule has 1 heterocycles. The van der Waals surface area contributed by atoms with Crippen LogP contribution in [0.15, 0.2) is 60.8 Å². The maximum absolute atomic E-state index is 12.7. The number of nitrogens with one attached hydrogen (secondary N) is 1. The number of fused-ring (bicyclic) bond motifs is 1. The van der Waals surface area contributed by atoms with Crippen LogP contribution >= 0.6 is 0 Å². The van der Waals surface area contributed by atoms with Gasteiger partial charge in [0.15, 0.2) is 0 Å². The van der Waals surface area contributed by atoms with Gasteiger partial charge in [-0.05, 0) is 30.2 Å². The summed E-state index contributed by atoms with van der Waals surface area (Å²) in [5.74, 6) is 0.0836. The van der Waals surface area contributed by atoms with E-state index in [1.807, 2.05) is 24.3 Å². The molecule has 0 saturated heterocycles. The quantitative estimate of drug-likeness (QED) is 0.552. The Bertz CT molecular complexity index is 1080. The van der Waals surface area contributed by atoms with Crippen molar-refractivity contribution >= 4 is 20.9 Å². The third-order valence-electron chi connectivity index (χ3n) is 4.11. The van der Waals surface area contributed by atoms with Crippen molar-refractivity contribution in [2.75, 3.05) is 13.2 Å². The second-order valence-corrected chi connectivity index (χ2v) is 8.19. The maximum atomic E-state index is 12.7. The van der Waals surface area contributed by atoms with E-state index in [4.69, 9.17) is 4.74 Å². The van der Waals surface area contributed by atoms with E-state index in [0.717, 1.165) is 23.0 Å². The molecule has 9 heteroatoms. The Morgan fingerprint density at radius 3 is 2.59 bits per heavy atom. The summed E-state index contributed by atoms with van der Waals surface area (Å²) in [6.07, 6.45) is -2.46. The van der Waals surface area contributed by atoms with Crippen LogP contribution in [-0.2, 0) is 22.0 Å². The third-order valence-corrected chi connectivity index (χ3v) is 5.46. The topological polar surface area (TPSA) is 68.3 Å². The molecule has 2 aromatic carbocycles. The van der Waals surface area contributed by atoms with E-state index in [9.17, 15) is 21.6 Å². The second kappa shape index (κ2) is 8.79. The summed E-state index contributed by atoms with van der Waals surface area (Å²) in [5, 5.41) is 0.937. The maximum Gasteiger partial charge on any atom is 0.416 e. The molecule has 0 saturated carbocycles. The number of pyridine rings is 1. The Morgan fingerprint density at radius 1 is 1.03 bits per heavy atom. The number of hydrogen-bond donors (Lipinski definition) is 1. The summed E-state index contributed by atoms with van der Waals surface area (Å²) in [5.41, 5.74) is -0.0761. The van der Waals surface area contributed by atoms with E-state index >= 15 is 0 Å². The van der Waals surface area contributed by atoms with Gasteiger partial charge in [-0.25, -0.2) is 13.1 Å². The monoisotopic (exact) mass is 424 g/mol. The molecule has 3 rings (SSSR count). The molecule has 154 valence electrons. The van der Waals surface area contributed by atoms with E-state index in [2.05, 4.69) is 9.71 Å². The van der Waals surface area contributed by atoms with Gasteiger partial charge in [-0.15, -0.1) is 0 Å².